The van der Waals surface area contributed by atoms with Crippen LogP contribution < -0.4 is 26.0 Å². The number of carbonyl (C=O) groups is 3. The Hall–Kier alpha value is -4.32. The van der Waals surface area contributed by atoms with Crippen LogP contribution in [0.3, 0.4) is 0 Å². The summed E-state index contributed by atoms with van der Waals surface area (Å²) in [5, 5.41) is 12.5. The van der Waals surface area contributed by atoms with E-state index in [-0.39, 0.29) is 23.5 Å². The molecule has 12 heteroatoms. The highest BCUT2D eigenvalue weighted by molar-refractivity contribution is 6.03. The Kier molecular flexibility index (Phi) is 9.25. The average molecular weight is 580 g/mol. The summed E-state index contributed by atoms with van der Waals surface area (Å²) in [4.78, 5) is 50.3. The first-order valence-electron chi connectivity index (χ1n) is 13.9. The minimum absolute atomic E-state index is 0.292. The van der Waals surface area contributed by atoms with Crippen LogP contribution in [-0.4, -0.2) is 71.4 Å². The van der Waals surface area contributed by atoms with Crippen molar-refractivity contribution in [2.45, 2.75) is 58.7 Å². The van der Waals surface area contributed by atoms with Crippen LogP contribution in [0.5, 0.6) is 5.75 Å². The second-order valence-corrected chi connectivity index (χ2v) is 11.4. The number of rotatable bonds is 9. The van der Waals surface area contributed by atoms with E-state index in [1.54, 1.807) is 43.1 Å². The Bertz CT molecular complexity index is 1460. The van der Waals surface area contributed by atoms with Gasteiger partial charge in [0.2, 0.25) is 17.7 Å². The highest BCUT2D eigenvalue weighted by Crippen LogP contribution is 2.34. The highest BCUT2D eigenvalue weighted by atomic mass is 19.1. The zero-order valence-electron chi connectivity index (χ0n) is 24.7. The van der Waals surface area contributed by atoms with Crippen LogP contribution in [0, 0.1) is 11.2 Å². The predicted molar refractivity (Wildman–Crippen MR) is 159 cm³/mol. The van der Waals surface area contributed by atoms with E-state index in [9.17, 15) is 18.8 Å². The van der Waals surface area contributed by atoms with Crippen molar-refractivity contribution in [3.8, 4) is 5.75 Å². The molecule has 3 atom stereocenters. The number of carbonyl (C=O) groups excluding carboxylic acids is 3. The Morgan fingerprint density at radius 1 is 1.12 bits per heavy atom. The number of hydrogen-bond acceptors (Lipinski definition) is 8. The lowest BCUT2D eigenvalue weighted by Gasteiger charge is -2.36. The molecule has 4 N–H and O–H groups in total. The van der Waals surface area contributed by atoms with E-state index in [1.807, 2.05) is 20.8 Å². The lowest BCUT2D eigenvalue weighted by molar-refractivity contribution is -0.143. The van der Waals surface area contributed by atoms with E-state index in [0.29, 0.717) is 53.2 Å². The van der Waals surface area contributed by atoms with Crippen LogP contribution in [0.15, 0.2) is 42.7 Å². The number of methoxy groups -OCH3 is 1. The third-order valence-corrected chi connectivity index (χ3v) is 7.39. The van der Waals surface area contributed by atoms with Crippen molar-refractivity contribution in [1.82, 2.24) is 25.5 Å². The normalized spacial score (nSPS) is 16.5. The summed E-state index contributed by atoms with van der Waals surface area (Å²) in [6.45, 7) is 7.75. The Balaban J connectivity index is 1.59. The van der Waals surface area contributed by atoms with E-state index in [1.165, 1.54) is 25.6 Å². The molecule has 42 heavy (non-hydrogen) atoms. The highest BCUT2D eigenvalue weighted by Gasteiger charge is 2.42. The number of likely N-dealkylation sites (N-methyl/N-ethyl adjacent to an activating group) is 1. The molecule has 1 aromatic heterocycles. The number of ether oxygens (including phenoxy) is 1. The van der Waals surface area contributed by atoms with Gasteiger partial charge in [-0.05, 0) is 62.6 Å². The molecule has 0 bridgehead atoms. The van der Waals surface area contributed by atoms with Gasteiger partial charge in [0.1, 0.15) is 35.8 Å². The summed E-state index contributed by atoms with van der Waals surface area (Å²) in [6, 6.07) is 7.23. The molecule has 3 aromatic rings. The molecule has 1 fully saturated rings. The molecule has 1 aliphatic heterocycles. The summed E-state index contributed by atoms with van der Waals surface area (Å²) in [6.07, 6.45) is 2.53. The van der Waals surface area contributed by atoms with Crippen molar-refractivity contribution in [2.24, 2.45) is 5.41 Å². The molecule has 0 spiro atoms. The fraction of sp³-hybridized carbons (Fsp3) is 0.433. The number of anilines is 3. The van der Waals surface area contributed by atoms with Crippen molar-refractivity contribution in [1.29, 1.82) is 0 Å². The number of nitrogens with one attached hydrogen (secondary N) is 4. The van der Waals surface area contributed by atoms with Crippen LogP contribution >= 0.6 is 0 Å². The van der Waals surface area contributed by atoms with Crippen molar-refractivity contribution in [3.63, 3.8) is 0 Å². The van der Waals surface area contributed by atoms with E-state index in [4.69, 9.17) is 4.74 Å². The minimum Gasteiger partial charge on any atom is -0.494 e. The van der Waals surface area contributed by atoms with Gasteiger partial charge in [-0.2, -0.15) is 0 Å². The third kappa shape index (κ3) is 6.76. The summed E-state index contributed by atoms with van der Waals surface area (Å²) >= 11 is 0. The topological polar surface area (TPSA) is 138 Å². The summed E-state index contributed by atoms with van der Waals surface area (Å²) in [7, 11) is 3.16. The molecular weight excluding hydrogens is 541 g/mol. The van der Waals surface area contributed by atoms with Crippen LogP contribution in [0.2, 0.25) is 0 Å². The zero-order chi connectivity index (χ0) is 30.6. The Morgan fingerprint density at radius 3 is 2.48 bits per heavy atom. The third-order valence-electron chi connectivity index (χ3n) is 7.39. The van der Waals surface area contributed by atoms with Crippen LogP contribution in [0.25, 0.3) is 10.9 Å². The molecule has 0 radical (unpaired) electrons. The molecule has 11 nitrogen and oxygen atoms in total. The quantitative estimate of drug-likeness (QED) is 0.302. The van der Waals surface area contributed by atoms with Gasteiger partial charge >= 0.3 is 0 Å². The largest absolute Gasteiger partial charge is 0.494 e. The number of likely N-dealkylation sites (tertiary alicyclic amines) is 1. The average Bonchev–Trinajstić information content (AvgIpc) is 3.46. The number of hydrogen-bond donors (Lipinski definition) is 4. The van der Waals surface area contributed by atoms with Crippen LogP contribution in [-0.2, 0) is 14.4 Å². The van der Waals surface area contributed by atoms with Gasteiger partial charge in [0.25, 0.3) is 0 Å². The minimum atomic E-state index is -0.818. The predicted octanol–water partition coefficient (Wildman–Crippen LogP) is 3.59. The SMILES string of the molecule is CN[C@@H](C)C(=O)N[C@H](C(=O)N1CCC[C@H]1C(=O)Nc1cc2c(Nc3ccc(F)cc3)ncnc2cc1OC)C(C)(C)C. The van der Waals surface area contributed by atoms with Crippen molar-refractivity contribution >= 4 is 45.8 Å². The van der Waals surface area contributed by atoms with Gasteiger partial charge in [0, 0.05) is 23.7 Å². The van der Waals surface area contributed by atoms with Crippen LogP contribution in [0.1, 0.15) is 40.5 Å². The number of benzene rings is 2. The van der Waals surface area contributed by atoms with Gasteiger partial charge in [-0.3, -0.25) is 14.4 Å². The van der Waals surface area contributed by atoms with Crippen molar-refractivity contribution in [3.05, 3.63) is 48.5 Å². The van der Waals surface area contributed by atoms with Crippen molar-refractivity contribution < 1.29 is 23.5 Å². The second-order valence-electron chi connectivity index (χ2n) is 11.4. The Labute approximate surface area is 244 Å². The monoisotopic (exact) mass is 579 g/mol. The number of aromatic nitrogens is 2. The fourth-order valence-electron chi connectivity index (χ4n) is 4.85. The molecule has 224 valence electrons. The van der Waals surface area contributed by atoms with Gasteiger partial charge in [-0.15, -0.1) is 0 Å². The summed E-state index contributed by atoms with van der Waals surface area (Å²) < 4.78 is 18.9. The lowest BCUT2D eigenvalue weighted by Crippen LogP contribution is -2.59. The lowest BCUT2D eigenvalue weighted by atomic mass is 9.85. The standard InChI is InChI=1S/C30H38FN7O4/c1-17(32-5)27(39)37-25(30(2,3)4)29(41)38-13-7-8-23(38)28(40)36-22-14-20-21(15-24(22)42-6)33-16-34-26(20)35-19-11-9-18(31)10-12-19/h9-12,14-17,23,25,32H,7-8,13H2,1-6H3,(H,36,40)(H,37,39)(H,33,34,35)/t17-,23-,25+/m0/s1. The number of nitrogens with zero attached hydrogens (tertiary/aromatic N) is 3. The number of amides is 3. The maximum Gasteiger partial charge on any atom is 0.247 e. The molecule has 2 aromatic carbocycles. The number of halogens is 1. The van der Waals surface area contributed by atoms with Gasteiger partial charge in [0.15, 0.2) is 0 Å². The fourth-order valence-corrected chi connectivity index (χ4v) is 4.85. The first kappa shape index (κ1) is 30.6. The van der Waals surface area contributed by atoms with Gasteiger partial charge < -0.3 is 30.9 Å². The molecule has 3 amide bonds. The maximum atomic E-state index is 13.8. The van der Waals surface area contributed by atoms with Crippen LogP contribution in [0.4, 0.5) is 21.6 Å². The van der Waals surface area contributed by atoms with Gasteiger partial charge in [-0.1, -0.05) is 20.8 Å². The maximum absolute atomic E-state index is 13.8. The molecule has 0 aliphatic carbocycles. The zero-order valence-corrected chi connectivity index (χ0v) is 24.7. The van der Waals surface area contributed by atoms with Gasteiger partial charge in [-0.25, -0.2) is 14.4 Å². The molecular formula is C30H38FN7O4. The van der Waals surface area contributed by atoms with Gasteiger partial charge in [0.05, 0.1) is 24.4 Å². The first-order chi connectivity index (χ1) is 19.9. The smallest absolute Gasteiger partial charge is 0.247 e. The van der Waals surface area contributed by atoms with Crippen molar-refractivity contribution in [2.75, 3.05) is 31.3 Å². The second kappa shape index (κ2) is 12.7. The molecule has 4 rings (SSSR count). The number of fused-ring (bicyclic) bond motifs is 1. The summed E-state index contributed by atoms with van der Waals surface area (Å²) in [5.74, 6) is -0.474. The van der Waals surface area contributed by atoms with E-state index >= 15 is 0 Å². The molecule has 0 saturated carbocycles. The summed E-state index contributed by atoms with van der Waals surface area (Å²) in [5.41, 5.74) is 0.998. The Morgan fingerprint density at radius 2 is 1.83 bits per heavy atom. The molecule has 2 heterocycles. The molecule has 1 saturated heterocycles. The first-order valence-corrected chi connectivity index (χ1v) is 13.9. The molecule has 1 aliphatic rings. The molecule has 0 unspecified atom stereocenters. The van der Waals surface area contributed by atoms with E-state index < -0.39 is 23.5 Å². The van der Waals surface area contributed by atoms with E-state index in [0.717, 1.165) is 0 Å². The van der Waals surface area contributed by atoms with E-state index in [2.05, 4.69) is 31.2 Å².